The van der Waals surface area contributed by atoms with Crippen molar-refractivity contribution in [2.45, 2.75) is 37.9 Å². The number of hydrogen-bond acceptors (Lipinski definition) is 1. The second-order valence-electron chi connectivity index (χ2n) is 7.36. The van der Waals surface area contributed by atoms with E-state index in [0.29, 0.717) is 16.6 Å². The van der Waals surface area contributed by atoms with Gasteiger partial charge in [0, 0.05) is 35.8 Å². The van der Waals surface area contributed by atoms with Gasteiger partial charge in [-0.05, 0) is 48.2 Å². The summed E-state index contributed by atoms with van der Waals surface area (Å²) in [6, 6.07) is 11.2. The van der Waals surface area contributed by atoms with Crippen molar-refractivity contribution in [3.63, 3.8) is 0 Å². The van der Waals surface area contributed by atoms with E-state index in [4.69, 9.17) is 0 Å². The van der Waals surface area contributed by atoms with Crippen LogP contribution in [0.15, 0.2) is 48.7 Å². The van der Waals surface area contributed by atoms with Crippen LogP contribution in [0.3, 0.4) is 0 Å². The first-order valence-corrected chi connectivity index (χ1v) is 9.41. The number of aromatic nitrogens is 1. The van der Waals surface area contributed by atoms with Gasteiger partial charge in [-0.25, -0.2) is 0 Å². The highest BCUT2D eigenvalue weighted by atomic mass is 19.4. The van der Waals surface area contributed by atoms with Crippen molar-refractivity contribution in [2.24, 2.45) is 0 Å². The highest BCUT2D eigenvalue weighted by Crippen LogP contribution is 2.41. The topological polar surface area (TPSA) is 36.1 Å². The Morgan fingerprint density at radius 1 is 1.04 bits per heavy atom. The Morgan fingerprint density at radius 2 is 1.71 bits per heavy atom. The van der Waals surface area contributed by atoms with E-state index in [1.54, 1.807) is 42.3 Å². The third kappa shape index (κ3) is 3.28. The number of rotatable bonds is 3. The van der Waals surface area contributed by atoms with Gasteiger partial charge in [-0.2, -0.15) is 13.2 Å². The van der Waals surface area contributed by atoms with Gasteiger partial charge in [0.2, 0.25) is 0 Å². The molecule has 146 valence electrons. The molecule has 1 amide bonds. The quantitative estimate of drug-likeness (QED) is 0.601. The number of aromatic amines is 1. The molecule has 0 atom stereocenters. The lowest BCUT2D eigenvalue weighted by molar-refractivity contribution is -0.135. The maximum atomic E-state index is 13.8. The molecular formula is C22H21F3N2O. The molecule has 2 aromatic carbocycles. The number of fused-ring (bicyclic) bond motifs is 1. The van der Waals surface area contributed by atoms with Gasteiger partial charge < -0.3 is 9.88 Å². The fourth-order valence-electron chi connectivity index (χ4n) is 4.13. The first-order chi connectivity index (χ1) is 13.4. The lowest BCUT2D eigenvalue weighted by Gasteiger charge is -2.24. The predicted molar refractivity (Wildman–Crippen MR) is 103 cm³/mol. The monoisotopic (exact) mass is 386 g/mol. The molecule has 1 aliphatic carbocycles. The number of amides is 1. The van der Waals surface area contributed by atoms with Gasteiger partial charge in [0.15, 0.2) is 0 Å². The fourth-order valence-corrected chi connectivity index (χ4v) is 4.13. The van der Waals surface area contributed by atoms with Crippen molar-refractivity contribution in [2.75, 3.05) is 7.05 Å². The molecule has 0 bridgehead atoms. The summed E-state index contributed by atoms with van der Waals surface area (Å²) < 4.78 is 41.3. The van der Waals surface area contributed by atoms with Gasteiger partial charge in [0.05, 0.1) is 5.56 Å². The molecule has 0 saturated heterocycles. The SMILES string of the molecule is CN(C(=O)c1ccc(-c2ccc3[nH]ccc3c2C(F)(F)F)cc1)C1CCCC1. The summed E-state index contributed by atoms with van der Waals surface area (Å²) in [7, 11) is 1.80. The second-order valence-corrected chi connectivity index (χ2v) is 7.36. The number of nitrogens with one attached hydrogen (secondary N) is 1. The zero-order valence-electron chi connectivity index (χ0n) is 15.5. The third-order valence-electron chi connectivity index (χ3n) is 5.65. The van der Waals surface area contributed by atoms with E-state index in [-0.39, 0.29) is 22.9 Å². The van der Waals surface area contributed by atoms with E-state index in [0.717, 1.165) is 25.7 Å². The standard InChI is InChI=1S/C22H21F3N2O/c1-27(16-4-2-3-5-16)21(28)15-8-6-14(7-9-15)17-10-11-19-18(12-13-26-19)20(17)22(23,24)25/h6-13,16,26H,2-5H2,1H3. The molecule has 1 aromatic heterocycles. The molecule has 0 unspecified atom stereocenters. The highest BCUT2D eigenvalue weighted by Gasteiger charge is 2.36. The number of hydrogen-bond donors (Lipinski definition) is 1. The molecule has 1 N–H and O–H groups in total. The number of carbonyl (C=O) groups excluding carboxylic acids is 1. The molecule has 4 rings (SSSR count). The van der Waals surface area contributed by atoms with Gasteiger partial charge in [0.25, 0.3) is 5.91 Å². The van der Waals surface area contributed by atoms with Crippen LogP contribution >= 0.6 is 0 Å². The van der Waals surface area contributed by atoms with Crippen molar-refractivity contribution in [1.29, 1.82) is 0 Å². The third-order valence-corrected chi connectivity index (χ3v) is 5.65. The average Bonchev–Trinajstić information content (AvgIpc) is 3.36. The normalized spacial score (nSPS) is 15.3. The number of carbonyl (C=O) groups is 1. The summed E-state index contributed by atoms with van der Waals surface area (Å²) in [6.07, 6.45) is 1.29. The summed E-state index contributed by atoms with van der Waals surface area (Å²) in [5.74, 6) is -0.0874. The molecule has 6 heteroatoms. The smallest absolute Gasteiger partial charge is 0.361 e. The zero-order valence-corrected chi connectivity index (χ0v) is 15.5. The summed E-state index contributed by atoms with van der Waals surface area (Å²) in [5.41, 5.74) is 0.835. The Kier molecular flexibility index (Phi) is 4.65. The Labute approximate surface area is 161 Å². The summed E-state index contributed by atoms with van der Waals surface area (Å²) >= 11 is 0. The largest absolute Gasteiger partial charge is 0.417 e. The van der Waals surface area contributed by atoms with Crippen LogP contribution in [-0.4, -0.2) is 28.9 Å². The van der Waals surface area contributed by atoms with Gasteiger partial charge >= 0.3 is 6.18 Å². The van der Waals surface area contributed by atoms with E-state index in [1.807, 2.05) is 0 Å². The number of alkyl halides is 3. The van der Waals surface area contributed by atoms with Gasteiger partial charge in [-0.3, -0.25) is 4.79 Å². The molecule has 1 heterocycles. The van der Waals surface area contributed by atoms with Crippen LogP contribution in [0, 0.1) is 0 Å². The van der Waals surface area contributed by atoms with Crippen LogP contribution < -0.4 is 0 Å². The van der Waals surface area contributed by atoms with E-state index >= 15 is 0 Å². The first-order valence-electron chi connectivity index (χ1n) is 9.41. The lowest BCUT2D eigenvalue weighted by atomic mass is 9.95. The highest BCUT2D eigenvalue weighted by molar-refractivity contribution is 5.95. The first kappa shape index (κ1) is 18.6. The van der Waals surface area contributed by atoms with E-state index in [1.165, 1.54) is 18.3 Å². The van der Waals surface area contributed by atoms with Crippen LogP contribution in [0.4, 0.5) is 13.2 Å². The minimum absolute atomic E-state index is 0.0874. The van der Waals surface area contributed by atoms with Crippen molar-refractivity contribution in [3.05, 3.63) is 59.8 Å². The minimum atomic E-state index is -4.48. The molecule has 1 aliphatic rings. The van der Waals surface area contributed by atoms with Crippen LogP contribution in [0.5, 0.6) is 0 Å². The van der Waals surface area contributed by atoms with Crippen LogP contribution in [0.1, 0.15) is 41.6 Å². The molecule has 1 fully saturated rings. The molecular weight excluding hydrogens is 365 g/mol. The van der Waals surface area contributed by atoms with Crippen LogP contribution in [0.2, 0.25) is 0 Å². The lowest BCUT2D eigenvalue weighted by Crippen LogP contribution is -2.35. The number of H-pyrrole nitrogens is 1. The van der Waals surface area contributed by atoms with Crippen molar-refractivity contribution >= 4 is 16.8 Å². The van der Waals surface area contributed by atoms with Crippen molar-refractivity contribution in [1.82, 2.24) is 9.88 Å². The van der Waals surface area contributed by atoms with Crippen LogP contribution in [0.25, 0.3) is 22.0 Å². The Bertz CT molecular complexity index is 999. The number of halogens is 3. The second kappa shape index (κ2) is 7.00. The van der Waals surface area contributed by atoms with E-state index < -0.39 is 11.7 Å². The Hall–Kier alpha value is -2.76. The van der Waals surface area contributed by atoms with Gasteiger partial charge in [-0.15, -0.1) is 0 Å². The van der Waals surface area contributed by atoms with Crippen LogP contribution in [-0.2, 0) is 6.18 Å². The average molecular weight is 386 g/mol. The maximum Gasteiger partial charge on any atom is 0.417 e. The van der Waals surface area contributed by atoms with Crippen molar-refractivity contribution in [3.8, 4) is 11.1 Å². The number of nitrogens with zero attached hydrogens (tertiary/aromatic N) is 1. The predicted octanol–water partition coefficient (Wildman–Crippen LogP) is 5.87. The molecule has 3 aromatic rings. The summed E-state index contributed by atoms with van der Waals surface area (Å²) in [6.45, 7) is 0. The maximum absolute atomic E-state index is 13.8. The molecule has 3 nitrogen and oxygen atoms in total. The number of benzene rings is 2. The fraction of sp³-hybridized carbons (Fsp3) is 0.318. The Balaban J connectivity index is 1.68. The molecule has 0 radical (unpaired) electrons. The van der Waals surface area contributed by atoms with Crippen molar-refractivity contribution < 1.29 is 18.0 Å². The molecule has 28 heavy (non-hydrogen) atoms. The van der Waals surface area contributed by atoms with Gasteiger partial charge in [0.1, 0.15) is 0 Å². The zero-order chi connectivity index (χ0) is 19.9. The minimum Gasteiger partial charge on any atom is -0.361 e. The van der Waals surface area contributed by atoms with Gasteiger partial charge in [-0.1, -0.05) is 31.0 Å². The van der Waals surface area contributed by atoms with E-state index in [9.17, 15) is 18.0 Å². The summed E-state index contributed by atoms with van der Waals surface area (Å²) in [5, 5.41) is 0.145. The summed E-state index contributed by atoms with van der Waals surface area (Å²) in [4.78, 5) is 17.3. The Morgan fingerprint density at radius 3 is 2.36 bits per heavy atom. The van der Waals surface area contributed by atoms with E-state index in [2.05, 4.69) is 4.98 Å². The molecule has 1 saturated carbocycles. The molecule has 0 aliphatic heterocycles. The molecule has 0 spiro atoms.